The van der Waals surface area contributed by atoms with Crippen LogP contribution in [-0.4, -0.2) is 35.2 Å². The van der Waals surface area contributed by atoms with Gasteiger partial charge < -0.3 is 10.4 Å². The molecule has 1 aliphatic carbocycles. The number of nitrogens with one attached hydrogen (secondary N) is 1. The highest BCUT2D eigenvalue weighted by Crippen LogP contribution is 2.40. The first-order chi connectivity index (χ1) is 7.59. The molecule has 0 saturated heterocycles. The minimum absolute atomic E-state index is 0.0141. The first kappa shape index (κ1) is 13.3. The number of aliphatic hydroxyl groups excluding tert-OH is 1. The van der Waals surface area contributed by atoms with Crippen molar-refractivity contribution >= 4 is 17.7 Å². The molecule has 16 heavy (non-hydrogen) atoms. The van der Waals surface area contributed by atoms with Gasteiger partial charge in [0.1, 0.15) is 5.41 Å². The highest BCUT2D eigenvalue weighted by Gasteiger charge is 2.45. The lowest BCUT2D eigenvalue weighted by molar-refractivity contribution is -0.132. The summed E-state index contributed by atoms with van der Waals surface area (Å²) in [5.41, 5.74) is -0.799. The van der Waals surface area contributed by atoms with Gasteiger partial charge in [-0.15, -0.1) is 0 Å². The van der Waals surface area contributed by atoms with Crippen LogP contribution in [0.5, 0.6) is 0 Å². The monoisotopic (exact) mass is 242 g/mol. The number of hydrogen-bond acceptors (Lipinski definition) is 4. The van der Waals surface area contributed by atoms with Gasteiger partial charge in [-0.1, -0.05) is 0 Å². The largest absolute Gasteiger partial charge is 0.395 e. The Bertz CT molecular complexity index is 293. The molecule has 0 heterocycles. The summed E-state index contributed by atoms with van der Waals surface area (Å²) in [6.07, 6.45) is 4.16. The lowest BCUT2D eigenvalue weighted by Gasteiger charge is -2.35. The Balaban J connectivity index is 2.54. The van der Waals surface area contributed by atoms with Gasteiger partial charge in [0.25, 0.3) is 0 Å². The second-order valence-electron chi connectivity index (χ2n) is 4.27. The Morgan fingerprint density at radius 2 is 2.31 bits per heavy atom. The topological polar surface area (TPSA) is 73.1 Å². The van der Waals surface area contributed by atoms with Gasteiger partial charge in [-0.25, -0.2) is 0 Å². The first-order valence-corrected chi connectivity index (χ1v) is 6.74. The van der Waals surface area contributed by atoms with E-state index in [4.69, 9.17) is 10.4 Å². The zero-order chi connectivity index (χ0) is 12.2. The smallest absolute Gasteiger partial charge is 0.240 e. The molecular formula is C11H18N2O2S. The summed E-state index contributed by atoms with van der Waals surface area (Å²) in [6.45, 7) is 1.89. The SMILES string of the molecule is CSC(CO)C(C)NC(=O)C1(C#N)CCC1. The van der Waals surface area contributed by atoms with Gasteiger partial charge in [-0.3, -0.25) is 4.79 Å². The van der Waals surface area contributed by atoms with E-state index in [0.29, 0.717) is 12.8 Å². The molecule has 0 aromatic heterocycles. The second kappa shape index (κ2) is 5.55. The van der Waals surface area contributed by atoms with Gasteiger partial charge in [0.05, 0.1) is 12.7 Å². The number of carbonyl (C=O) groups is 1. The molecule has 0 aliphatic heterocycles. The molecule has 0 aromatic rings. The van der Waals surface area contributed by atoms with Crippen molar-refractivity contribution in [2.24, 2.45) is 5.41 Å². The molecule has 5 heteroatoms. The predicted molar refractivity (Wildman–Crippen MR) is 63.9 cm³/mol. The Kier molecular flexibility index (Phi) is 4.63. The molecule has 0 aromatic carbocycles. The van der Waals surface area contributed by atoms with Crippen molar-refractivity contribution < 1.29 is 9.90 Å². The van der Waals surface area contributed by atoms with Crippen LogP contribution in [0.3, 0.4) is 0 Å². The highest BCUT2D eigenvalue weighted by molar-refractivity contribution is 7.99. The summed E-state index contributed by atoms with van der Waals surface area (Å²) < 4.78 is 0. The fourth-order valence-corrected chi connectivity index (χ4v) is 2.42. The van der Waals surface area contributed by atoms with Crippen LogP contribution in [0.1, 0.15) is 26.2 Å². The van der Waals surface area contributed by atoms with Crippen LogP contribution in [0, 0.1) is 16.7 Å². The third-order valence-electron chi connectivity index (χ3n) is 3.25. The zero-order valence-electron chi connectivity index (χ0n) is 9.69. The number of hydrogen-bond donors (Lipinski definition) is 2. The van der Waals surface area contributed by atoms with Crippen molar-refractivity contribution in [1.82, 2.24) is 5.32 Å². The molecule has 1 rings (SSSR count). The average molecular weight is 242 g/mol. The predicted octanol–water partition coefficient (Wildman–Crippen LogP) is 0.909. The summed E-state index contributed by atoms with van der Waals surface area (Å²) in [5, 5.41) is 20.9. The number of aliphatic hydroxyl groups is 1. The summed E-state index contributed by atoms with van der Waals surface area (Å²) in [4.78, 5) is 11.9. The molecule has 1 aliphatic rings. The van der Waals surface area contributed by atoms with E-state index in [0.717, 1.165) is 6.42 Å². The molecule has 0 bridgehead atoms. The van der Waals surface area contributed by atoms with Crippen molar-refractivity contribution in [3.8, 4) is 6.07 Å². The van der Waals surface area contributed by atoms with Crippen molar-refractivity contribution in [3.63, 3.8) is 0 Å². The van der Waals surface area contributed by atoms with Gasteiger partial charge in [0.2, 0.25) is 5.91 Å². The molecule has 4 nitrogen and oxygen atoms in total. The maximum absolute atomic E-state index is 11.9. The Labute approximate surface area is 100 Å². The second-order valence-corrected chi connectivity index (χ2v) is 5.34. The number of thioether (sulfide) groups is 1. The normalized spacial score (nSPS) is 21.4. The lowest BCUT2D eigenvalue weighted by Crippen LogP contribution is -2.50. The van der Waals surface area contributed by atoms with Crippen molar-refractivity contribution in [2.75, 3.05) is 12.9 Å². The third kappa shape index (κ3) is 2.50. The van der Waals surface area contributed by atoms with Crippen LogP contribution >= 0.6 is 11.8 Å². The summed E-state index contributed by atoms with van der Waals surface area (Å²) in [6, 6.07) is 2.00. The molecule has 0 radical (unpaired) electrons. The fourth-order valence-electron chi connectivity index (χ4n) is 1.79. The maximum Gasteiger partial charge on any atom is 0.240 e. The molecule has 1 amide bonds. The van der Waals surface area contributed by atoms with Crippen molar-refractivity contribution in [3.05, 3.63) is 0 Å². The quantitative estimate of drug-likeness (QED) is 0.751. The Morgan fingerprint density at radius 1 is 1.69 bits per heavy atom. The van der Waals surface area contributed by atoms with E-state index < -0.39 is 5.41 Å². The Morgan fingerprint density at radius 3 is 2.62 bits per heavy atom. The fraction of sp³-hybridized carbons (Fsp3) is 0.818. The number of amides is 1. The maximum atomic E-state index is 11.9. The van der Waals surface area contributed by atoms with E-state index in [2.05, 4.69) is 11.4 Å². The van der Waals surface area contributed by atoms with E-state index in [1.165, 1.54) is 11.8 Å². The van der Waals surface area contributed by atoms with Crippen LogP contribution in [-0.2, 0) is 4.79 Å². The molecule has 1 fully saturated rings. The van der Waals surface area contributed by atoms with Crippen LogP contribution in [0.4, 0.5) is 0 Å². The molecule has 1 saturated carbocycles. The molecule has 2 unspecified atom stereocenters. The number of nitrogens with zero attached hydrogens (tertiary/aromatic N) is 1. The van der Waals surface area contributed by atoms with Gasteiger partial charge in [-0.2, -0.15) is 17.0 Å². The third-order valence-corrected chi connectivity index (χ3v) is 4.42. The zero-order valence-corrected chi connectivity index (χ0v) is 10.5. The average Bonchev–Trinajstić information content (AvgIpc) is 2.18. The minimum atomic E-state index is -0.799. The Hall–Kier alpha value is -0.730. The molecule has 0 spiro atoms. The van der Waals surface area contributed by atoms with Gasteiger partial charge >= 0.3 is 0 Å². The lowest BCUT2D eigenvalue weighted by atomic mass is 9.69. The van der Waals surface area contributed by atoms with Gasteiger partial charge in [-0.05, 0) is 32.4 Å². The molecule has 90 valence electrons. The summed E-state index contributed by atoms with van der Waals surface area (Å²) in [5.74, 6) is -0.179. The molecular weight excluding hydrogens is 224 g/mol. The van der Waals surface area contributed by atoms with E-state index in [9.17, 15) is 4.79 Å². The minimum Gasteiger partial charge on any atom is -0.395 e. The molecule has 2 atom stereocenters. The number of nitriles is 1. The number of rotatable bonds is 5. The van der Waals surface area contributed by atoms with E-state index in [1.807, 2.05) is 13.2 Å². The number of carbonyl (C=O) groups excluding carboxylic acids is 1. The first-order valence-electron chi connectivity index (χ1n) is 5.45. The van der Waals surface area contributed by atoms with Crippen LogP contribution in [0.2, 0.25) is 0 Å². The van der Waals surface area contributed by atoms with Crippen molar-refractivity contribution in [2.45, 2.75) is 37.5 Å². The summed E-state index contributed by atoms with van der Waals surface area (Å²) in [7, 11) is 0. The van der Waals surface area contributed by atoms with E-state index in [-0.39, 0.29) is 23.8 Å². The van der Waals surface area contributed by atoms with E-state index >= 15 is 0 Å². The van der Waals surface area contributed by atoms with Gasteiger partial charge in [0, 0.05) is 11.3 Å². The highest BCUT2D eigenvalue weighted by atomic mass is 32.2. The van der Waals surface area contributed by atoms with Crippen LogP contribution in [0.15, 0.2) is 0 Å². The van der Waals surface area contributed by atoms with E-state index in [1.54, 1.807) is 0 Å². The van der Waals surface area contributed by atoms with Crippen molar-refractivity contribution in [1.29, 1.82) is 5.26 Å². The molecule has 2 N–H and O–H groups in total. The standard InChI is InChI=1S/C11H18N2O2S/c1-8(9(6-14)16-2)13-10(15)11(7-12)4-3-5-11/h8-9,14H,3-6H2,1-2H3,(H,13,15). The summed E-state index contributed by atoms with van der Waals surface area (Å²) >= 11 is 1.52. The van der Waals surface area contributed by atoms with Crippen LogP contribution in [0.25, 0.3) is 0 Å². The van der Waals surface area contributed by atoms with Gasteiger partial charge in [0.15, 0.2) is 0 Å². The van der Waals surface area contributed by atoms with Crippen LogP contribution < -0.4 is 5.32 Å².